The van der Waals surface area contributed by atoms with Gasteiger partial charge < -0.3 is 0 Å². The first-order valence-electron chi connectivity index (χ1n) is 18.9. The highest BCUT2D eigenvalue weighted by Crippen LogP contribution is 2.38. The Hall–Kier alpha value is -7.49. The van der Waals surface area contributed by atoms with Gasteiger partial charge in [0.1, 0.15) is 0 Å². The molecule has 10 aromatic rings. The minimum atomic E-state index is 0.618. The summed E-state index contributed by atoms with van der Waals surface area (Å²) in [5.74, 6) is 1.87. The van der Waals surface area contributed by atoms with Gasteiger partial charge >= 0.3 is 0 Å². The number of hydrogen-bond acceptors (Lipinski definition) is 3. The largest absolute Gasteiger partial charge is 0.208 e. The van der Waals surface area contributed by atoms with Crippen LogP contribution in [-0.4, -0.2) is 15.0 Å². The van der Waals surface area contributed by atoms with E-state index in [0.717, 1.165) is 50.1 Å². The van der Waals surface area contributed by atoms with Gasteiger partial charge in [0.25, 0.3) is 0 Å². The highest BCUT2D eigenvalue weighted by atomic mass is 15.0. The highest BCUT2D eigenvalue weighted by molar-refractivity contribution is 6.01. The van der Waals surface area contributed by atoms with Crippen LogP contribution >= 0.6 is 0 Å². The van der Waals surface area contributed by atoms with Crippen molar-refractivity contribution in [1.82, 2.24) is 15.0 Å². The second-order valence-electron chi connectivity index (χ2n) is 14.0. The molecule has 0 amide bonds. The Morgan fingerprint density at radius 3 is 0.982 bits per heavy atom. The molecule has 0 atom stereocenters. The third-order valence-electron chi connectivity index (χ3n) is 10.5. The molecule has 0 N–H and O–H groups in total. The number of hydrogen-bond donors (Lipinski definition) is 0. The van der Waals surface area contributed by atoms with Crippen molar-refractivity contribution in [3.05, 3.63) is 212 Å². The highest BCUT2D eigenvalue weighted by Gasteiger charge is 2.17. The summed E-state index contributed by atoms with van der Waals surface area (Å²) >= 11 is 0. The lowest BCUT2D eigenvalue weighted by molar-refractivity contribution is 1.07. The molecule has 3 nitrogen and oxygen atoms in total. The number of nitrogens with zero attached hydrogens (tertiary/aromatic N) is 3. The summed E-state index contributed by atoms with van der Waals surface area (Å²) in [6.45, 7) is 0. The van der Waals surface area contributed by atoms with Crippen molar-refractivity contribution in [2.45, 2.75) is 0 Å². The van der Waals surface area contributed by atoms with Crippen LogP contribution in [0.2, 0.25) is 0 Å². The van der Waals surface area contributed by atoms with E-state index in [-0.39, 0.29) is 0 Å². The van der Waals surface area contributed by atoms with E-state index in [4.69, 9.17) is 15.0 Å². The molecule has 10 rings (SSSR count). The summed E-state index contributed by atoms with van der Waals surface area (Å²) in [5, 5.41) is 4.80. The van der Waals surface area contributed by atoms with Gasteiger partial charge in [0.05, 0.1) is 0 Å². The summed E-state index contributed by atoms with van der Waals surface area (Å²) in [6, 6.07) is 74.8. The van der Waals surface area contributed by atoms with Gasteiger partial charge in [-0.05, 0) is 84.3 Å². The average Bonchev–Trinajstić information content (AvgIpc) is 3.29. The molecule has 0 radical (unpaired) electrons. The number of rotatable bonds is 7. The topological polar surface area (TPSA) is 38.7 Å². The lowest BCUT2D eigenvalue weighted by Crippen LogP contribution is -2.01. The van der Waals surface area contributed by atoms with E-state index in [1.165, 1.54) is 32.7 Å². The van der Waals surface area contributed by atoms with Crippen molar-refractivity contribution in [1.29, 1.82) is 0 Å². The molecule has 0 unspecified atom stereocenters. The standard InChI is InChI=1S/C53H35N3/c1-3-13-36(14-4-1)38-25-29-42(30-26-38)51-54-52(43-31-27-39(28-32-43)37-15-5-2-6-16-37)56-53(55-51)46-34-44(49-23-11-19-40-17-7-9-21-47(40)49)33-45(35-46)50-24-12-20-41-18-8-10-22-48(41)50/h1-35H. The molecule has 0 aliphatic carbocycles. The third kappa shape index (κ3) is 6.42. The van der Waals surface area contributed by atoms with Crippen LogP contribution in [0.15, 0.2) is 212 Å². The lowest BCUT2D eigenvalue weighted by Gasteiger charge is -2.15. The Labute approximate surface area is 326 Å². The van der Waals surface area contributed by atoms with Gasteiger partial charge in [-0.3, -0.25) is 0 Å². The average molecular weight is 714 g/mol. The third-order valence-corrected chi connectivity index (χ3v) is 10.5. The summed E-state index contributed by atoms with van der Waals surface area (Å²) in [4.78, 5) is 15.6. The summed E-state index contributed by atoms with van der Waals surface area (Å²) in [7, 11) is 0. The molecule has 0 aliphatic rings. The van der Waals surface area contributed by atoms with Gasteiger partial charge in [0.15, 0.2) is 17.5 Å². The normalized spacial score (nSPS) is 11.2. The molecule has 0 bridgehead atoms. The van der Waals surface area contributed by atoms with Crippen molar-refractivity contribution in [3.63, 3.8) is 0 Å². The van der Waals surface area contributed by atoms with E-state index in [0.29, 0.717) is 17.5 Å². The first-order valence-corrected chi connectivity index (χ1v) is 18.9. The van der Waals surface area contributed by atoms with Crippen molar-refractivity contribution < 1.29 is 0 Å². The van der Waals surface area contributed by atoms with Crippen LogP contribution in [0.1, 0.15) is 0 Å². The first kappa shape index (κ1) is 33.1. The monoisotopic (exact) mass is 713 g/mol. The van der Waals surface area contributed by atoms with Crippen LogP contribution < -0.4 is 0 Å². The molecular weight excluding hydrogens is 679 g/mol. The Morgan fingerprint density at radius 2 is 0.536 bits per heavy atom. The van der Waals surface area contributed by atoms with Gasteiger partial charge in [-0.15, -0.1) is 0 Å². The zero-order chi connectivity index (χ0) is 37.3. The van der Waals surface area contributed by atoms with E-state index in [9.17, 15) is 0 Å². The van der Waals surface area contributed by atoms with Crippen LogP contribution in [-0.2, 0) is 0 Å². The minimum Gasteiger partial charge on any atom is -0.208 e. The van der Waals surface area contributed by atoms with Crippen LogP contribution in [0.4, 0.5) is 0 Å². The van der Waals surface area contributed by atoms with E-state index in [1.54, 1.807) is 0 Å². The number of aromatic nitrogens is 3. The van der Waals surface area contributed by atoms with E-state index < -0.39 is 0 Å². The SMILES string of the molecule is c1ccc(-c2ccc(-c3nc(-c4ccc(-c5ccccc5)cc4)nc(-c4cc(-c5cccc6ccccc56)cc(-c5cccc6ccccc56)c4)n3)cc2)cc1. The summed E-state index contributed by atoms with van der Waals surface area (Å²) < 4.78 is 0. The molecule has 0 saturated carbocycles. The van der Waals surface area contributed by atoms with Gasteiger partial charge in [0.2, 0.25) is 0 Å². The van der Waals surface area contributed by atoms with E-state index in [1.807, 2.05) is 12.1 Å². The fourth-order valence-corrected chi connectivity index (χ4v) is 7.67. The van der Waals surface area contributed by atoms with Gasteiger partial charge in [-0.1, -0.05) is 194 Å². The second kappa shape index (κ2) is 14.4. The zero-order valence-corrected chi connectivity index (χ0v) is 30.5. The Kier molecular flexibility index (Phi) is 8.51. The van der Waals surface area contributed by atoms with Gasteiger partial charge in [0, 0.05) is 16.7 Å². The van der Waals surface area contributed by atoms with E-state index >= 15 is 0 Å². The van der Waals surface area contributed by atoms with Crippen LogP contribution in [0, 0.1) is 0 Å². The predicted octanol–water partition coefficient (Wildman–Crippen LogP) is 13.8. The quantitative estimate of drug-likeness (QED) is 0.165. The molecule has 0 fully saturated rings. The first-order chi connectivity index (χ1) is 27.7. The summed E-state index contributed by atoms with van der Waals surface area (Å²) in [6.07, 6.45) is 0. The molecule has 262 valence electrons. The number of fused-ring (bicyclic) bond motifs is 2. The van der Waals surface area contributed by atoms with Crippen molar-refractivity contribution >= 4 is 21.5 Å². The molecule has 0 spiro atoms. The molecule has 1 aromatic heterocycles. The molecule has 0 aliphatic heterocycles. The van der Waals surface area contributed by atoms with Crippen LogP contribution in [0.5, 0.6) is 0 Å². The maximum atomic E-state index is 5.24. The maximum absolute atomic E-state index is 5.24. The van der Waals surface area contributed by atoms with Crippen LogP contribution in [0.3, 0.4) is 0 Å². The molecule has 9 aromatic carbocycles. The fourth-order valence-electron chi connectivity index (χ4n) is 7.67. The predicted molar refractivity (Wildman–Crippen MR) is 233 cm³/mol. The van der Waals surface area contributed by atoms with E-state index in [2.05, 4.69) is 200 Å². The van der Waals surface area contributed by atoms with Crippen LogP contribution in [0.25, 0.3) is 100 Å². The molecular formula is C53H35N3. The lowest BCUT2D eigenvalue weighted by atomic mass is 9.91. The molecule has 56 heavy (non-hydrogen) atoms. The smallest absolute Gasteiger partial charge is 0.164 e. The summed E-state index contributed by atoms with van der Waals surface area (Å²) in [5.41, 5.74) is 11.9. The van der Waals surface area contributed by atoms with Crippen molar-refractivity contribution in [2.75, 3.05) is 0 Å². The molecule has 3 heteroatoms. The molecule has 0 saturated heterocycles. The zero-order valence-electron chi connectivity index (χ0n) is 30.5. The Balaban J connectivity index is 1.18. The Morgan fingerprint density at radius 1 is 0.214 bits per heavy atom. The number of benzene rings is 9. The maximum Gasteiger partial charge on any atom is 0.164 e. The van der Waals surface area contributed by atoms with Gasteiger partial charge in [-0.25, -0.2) is 15.0 Å². The Bertz CT molecular complexity index is 2780. The van der Waals surface area contributed by atoms with Gasteiger partial charge in [-0.2, -0.15) is 0 Å². The second-order valence-corrected chi connectivity index (χ2v) is 14.0. The fraction of sp³-hybridized carbons (Fsp3) is 0. The van der Waals surface area contributed by atoms with Crippen molar-refractivity contribution in [3.8, 4) is 78.7 Å². The molecule has 1 heterocycles. The van der Waals surface area contributed by atoms with Crippen molar-refractivity contribution in [2.24, 2.45) is 0 Å². The minimum absolute atomic E-state index is 0.618.